The summed E-state index contributed by atoms with van der Waals surface area (Å²) in [6.45, 7) is 4.27. The highest BCUT2D eigenvalue weighted by Crippen LogP contribution is 2.29. The van der Waals surface area contributed by atoms with Crippen molar-refractivity contribution in [2.75, 3.05) is 0 Å². The lowest BCUT2D eigenvalue weighted by atomic mass is 9.88. The van der Waals surface area contributed by atoms with E-state index in [4.69, 9.17) is 5.10 Å². The van der Waals surface area contributed by atoms with E-state index in [0.29, 0.717) is 12.5 Å². The summed E-state index contributed by atoms with van der Waals surface area (Å²) in [5.74, 6) is 0. The first kappa shape index (κ1) is 14.6. The number of hydrogen-bond donors (Lipinski definition) is 1. The molecule has 1 aromatic rings. The molecule has 1 saturated carbocycles. The normalized spacial score (nSPS) is 17.2. The van der Waals surface area contributed by atoms with E-state index in [9.17, 15) is 5.11 Å². The molecule has 19 heavy (non-hydrogen) atoms. The molecule has 1 N–H and O–H groups in total. The largest absolute Gasteiger partial charge is 0.389 e. The minimum atomic E-state index is -0.557. The first-order valence-electron chi connectivity index (χ1n) is 7.93. The van der Waals surface area contributed by atoms with Gasteiger partial charge in [0.1, 0.15) is 0 Å². The van der Waals surface area contributed by atoms with Crippen LogP contribution in [-0.2, 0) is 6.42 Å². The van der Waals surface area contributed by atoms with Crippen LogP contribution in [0.1, 0.15) is 76.9 Å². The number of aromatic nitrogens is 2. The van der Waals surface area contributed by atoms with Crippen molar-refractivity contribution in [3.05, 3.63) is 18.0 Å². The van der Waals surface area contributed by atoms with Crippen molar-refractivity contribution in [1.82, 2.24) is 9.78 Å². The maximum Gasteiger partial charge on any atom is 0.0703 e. The van der Waals surface area contributed by atoms with Gasteiger partial charge >= 0.3 is 0 Å². The lowest BCUT2D eigenvalue weighted by molar-refractivity contribution is 0.0205. The van der Waals surface area contributed by atoms with Crippen molar-refractivity contribution in [2.24, 2.45) is 0 Å². The molecule has 0 spiro atoms. The van der Waals surface area contributed by atoms with Crippen molar-refractivity contribution < 1.29 is 5.11 Å². The zero-order valence-corrected chi connectivity index (χ0v) is 12.4. The molecule has 3 nitrogen and oxygen atoms in total. The zero-order chi connectivity index (χ0) is 13.7. The third kappa shape index (κ3) is 3.82. The summed E-state index contributed by atoms with van der Waals surface area (Å²) in [6, 6.07) is 2.69. The van der Waals surface area contributed by atoms with E-state index in [1.165, 1.54) is 25.7 Å². The molecular formula is C16H28N2O. The molecule has 1 aromatic heterocycles. The van der Waals surface area contributed by atoms with E-state index in [1.807, 2.05) is 0 Å². The minimum Gasteiger partial charge on any atom is -0.389 e. The molecule has 1 heterocycles. The Labute approximate surface area is 117 Å². The van der Waals surface area contributed by atoms with Gasteiger partial charge in [-0.05, 0) is 31.7 Å². The quantitative estimate of drug-likeness (QED) is 0.811. The Morgan fingerprint density at radius 3 is 2.47 bits per heavy atom. The van der Waals surface area contributed by atoms with Gasteiger partial charge in [0.05, 0.1) is 17.3 Å². The van der Waals surface area contributed by atoms with Crippen molar-refractivity contribution in [3.63, 3.8) is 0 Å². The van der Waals surface area contributed by atoms with Crippen molar-refractivity contribution >= 4 is 0 Å². The maximum absolute atomic E-state index is 10.7. The highest BCUT2D eigenvalue weighted by Gasteiger charge is 2.27. The van der Waals surface area contributed by atoms with Gasteiger partial charge < -0.3 is 5.11 Å². The number of nitrogens with zero attached hydrogens (tertiary/aromatic N) is 2. The molecule has 0 radical (unpaired) electrons. The third-order valence-electron chi connectivity index (χ3n) is 4.30. The first-order valence-corrected chi connectivity index (χ1v) is 7.93. The molecule has 108 valence electrons. The van der Waals surface area contributed by atoms with Gasteiger partial charge in [0.25, 0.3) is 0 Å². The van der Waals surface area contributed by atoms with Crippen LogP contribution >= 0.6 is 0 Å². The van der Waals surface area contributed by atoms with E-state index < -0.39 is 5.60 Å². The predicted octanol–water partition coefficient (Wildman–Crippen LogP) is 3.87. The van der Waals surface area contributed by atoms with Gasteiger partial charge in [0.2, 0.25) is 0 Å². The van der Waals surface area contributed by atoms with Gasteiger partial charge in [0, 0.05) is 12.6 Å². The summed E-state index contributed by atoms with van der Waals surface area (Å²) < 4.78 is 2.13. The maximum atomic E-state index is 10.7. The number of rotatable bonds is 7. The van der Waals surface area contributed by atoms with Crippen molar-refractivity contribution in [1.29, 1.82) is 0 Å². The molecule has 2 rings (SSSR count). The van der Waals surface area contributed by atoms with Crippen LogP contribution in [0.25, 0.3) is 0 Å². The van der Waals surface area contributed by atoms with Gasteiger partial charge in [-0.3, -0.25) is 4.68 Å². The van der Waals surface area contributed by atoms with E-state index in [1.54, 1.807) is 0 Å². The molecule has 1 fully saturated rings. The van der Waals surface area contributed by atoms with E-state index >= 15 is 0 Å². The van der Waals surface area contributed by atoms with Gasteiger partial charge in [-0.25, -0.2) is 0 Å². The predicted molar refractivity (Wildman–Crippen MR) is 78.2 cm³/mol. The van der Waals surface area contributed by atoms with Gasteiger partial charge in [-0.15, -0.1) is 0 Å². The second-order valence-corrected chi connectivity index (χ2v) is 6.13. The van der Waals surface area contributed by atoms with Crippen LogP contribution in [0.4, 0.5) is 0 Å². The lowest BCUT2D eigenvalue weighted by Gasteiger charge is -2.26. The number of hydrogen-bond acceptors (Lipinski definition) is 2. The second kappa shape index (κ2) is 6.56. The third-order valence-corrected chi connectivity index (χ3v) is 4.30. The van der Waals surface area contributed by atoms with Crippen LogP contribution in [0.2, 0.25) is 0 Å². The number of aliphatic hydroxyl groups is 1. The highest BCUT2D eigenvalue weighted by molar-refractivity contribution is 5.05. The van der Waals surface area contributed by atoms with Crippen LogP contribution < -0.4 is 0 Å². The van der Waals surface area contributed by atoms with E-state index in [0.717, 1.165) is 31.4 Å². The Morgan fingerprint density at radius 2 is 1.89 bits per heavy atom. The monoisotopic (exact) mass is 264 g/mol. The van der Waals surface area contributed by atoms with Crippen molar-refractivity contribution in [2.45, 2.75) is 83.3 Å². The van der Waals surface area contributed by atoms with Crippen LogP contribution in [0.15, 0.2) is 12.3 Å². The molecule has 1 aliphatic rings. The average molecular weight is 264 g/mol. The Hall–Kier alpha value is -0.830. The molecule has 1 aliphatic carbocycles. The molecule has 0 aliphatic heterocycles. The molecule has 0 amide bonds. The van der Waals surface area contributed by atoms with E-state index in [-0.39, 0.29) is 0 Å². The SMILES string of the molecule is CCCC(O)(CCC)Cc1ccn(C2CCCC2)n1. The first-order chi connectivity index (χ1) is 9.17. The van der Waals surface area contributed by atoms with Gasteiger partial charge in [0.15, 0.2) is 0 Å². The molecule has 0 saturated heterocycles. The molecule has 0 aromatic carbocycles. The summed E-state index contributed by atoms with van der Waals surface area (Å²) in [6.07, 6.45) is 11.8. The Balaban J connectivity index is 2.00. The minimum absolute atomic E-state index is 0.557. The molecule has 3 heteroatoms. The van der Waals surface area contributed by atoms with Crippen LogP contribution in [0.3, 0.4) is 0 Å². The molecule has 0 atom stereocenters. The second-order valence-electron chi connectivity index (χ2n) is 6.13. The van der Waals surface area contributed by atoms with Crippen LogP contribution in [0, 0.1) is 0 Å². The highest BCUT2D eigenvalue weighted by atomic mass is 16.3. The lowest BCUT2D eigenvalue weighted by Crippen LogP contribution is -2.31. The Kier molecular flexibility index (Phi) is 5.03. The zero-order valence-electron chi connectivity index (χ0n) is 12.4. The fourth-order valence-electron chi connectivity index (χ4n) is 3.41. The van der Waals surface area contributed by atoms with Gasteiger partial charge in [-0.2, -0.15) is 5.10 Å². The van der Waals surface area contributed by atoms with Crippen LogP contribution in [0.5, 0.6) is 0 Å². The summed E-state index contributed by atoms with van der Waals surface area (Å²) in [5.41, 5.74) is 0.495. The summed E-state index contributed by atoms with van der Waals surface area (Å²) in [7, 11) is 0. The van der Waals surface area contributed by atoms with Crippen molar-refractivity contribution in [3.8, 4) is 0 Å². The average Bonchev–Trinajstić information content (AvgIpc) is 2.98. The molecule has 0 bridgehead atoms. The fraction of sp³-hybridized carbons (Fsp3) is 0.812. The Morgan fingerprint density at radius 1 is 1.26 bits per heavy atom. The topological polar surface area (TPSA) is 38.0 Å². The van der Waals surface area contributed by atoms with Gasteiger partial charge in [-0.1, -0.05) is 39.5 Å². The summed E-state index contributed by atoms with van der Waals surface area (Å²) in [5, 5.41) is 15.4. The smallest absolute Gasteiger partial charge is 0.0703 e. The Bertz CT molecular complexity index is 374. The molecule has 0 unspecified atom stereocenters. The summed E-state index contributed by atoms with van der Waals surface area (Å²) >= 11 is 0. The molecular weight excluding hydrogens is 236 g/mol. The summed E-state index contributed by atoms with van der Waals surface area (Å²) in [4.78, 5) is 0. The standard InChI is InChI=1S/C16H28N2O/c1-3-10-16(19,11-4-2)13-14-9-12-18(17-14)15-7-5-6-8-15/h9,12,15,19H,3-8,10-11,13H2,1-2H3. The fourth-order valence-corrected chi connectivity index (χ4v) is 3.41. The van der Waals surface area contributed by atoms with Crippen LogP contribution in [-0.4, -0.2) is 20.5 Å². The van der Waals surface area contributed by atoms with E-state index in [2.05, 4.69) is 30.8 Å².